The van der Waals surface area contributed by atoms with Gasteiger partial charge in [0.2, 0.25) is 0 Å². The minimum Gasteiger partial charge on any atom is -0.497 e. The average molecular weight is 326 g/mol. The first-order valence-corrected chi connectivity index (χ1v) is 8.31. The average Bonchev–Trinajstić information content (AvgIpc) is 3.24. The van der Waals surface area contributed by atoms with Gasteiger partial charge < -0.3 is 18.9 Å². The van der Waals surface area contributed by atoms with Crippen molar-refractivity contribution in [1.82, 2.24) is 0 Å². The molecule has 0 spiro atoms. The third kappa shape index (κ3) is 2.66. The first kappa shape index (κ1) is 15.5. The van der Waals surface area contributed by atoms with Gasteiger partial charge in [-0.15, -0.1) is 0 Å². The zero-order chi connectivity index (χ0) is 16.5. The Labute approximate surface area is 142 Å². The van der Waals surface area contributed by atoms with Gasteiger partial charge >= 0.3 is 0 Å². The number of methoxy groups -OCH3 is 2. The molecule has 2 saturated heterocycles. The van der Waals surface area contributed by atoms with E-state index in [1.165, 1.54) is 11.1 Å². The van der Waals surface area contributed by atoms with E-state index in [9.17, 15) is 0 Å². The molecule has 2 fully saturated rings. The van der Waals surface area contributed by atoms with Crippen molar-refractivity contribution in [2.24, 2.45) is 11.8 Å². The van der Waals surface area contributed by atoms with Crippen LogP contribution in [0.2, 0.25) is 0 Å². The lowest BCUT2D eigenvalue weighted by Crippen LogP contribution is -2.14. The van der Waals surface area contributed by atoms with Gasteiger partial charge in [0.15, 0.2) is 0 Å². The third-order valence-electron chi connectivity index (χ3n) is 5.15. The molecule has 2 aliphatic rings. The van der Waals surface area contributed by atoms with E-state index in [2.05, 4.69) is 24.3 Å². The van der Waals surface area contributed by atoms with Gasteiger partial charge in [0.05, 0.1) is 39.6 Å². The molecule has 2 aromatic rings. The summed E-state index contributed by atoms with van der Waals surface area (Å²) in [6, 6.07) is 16.3. The summed E-state index contributed by atoms with van der Waals surface area (Å²) in [7, 11) is 3.36. The normalized spacial score (nSPS) is 28.6. The standard InChI is InChI=1S/C20H22O4/c1-21-15-7-3-13(4-8-15)19-17-11-24-20(18(17)12-23-19)14-5-9-16(22-2)10-6-14/h3-10,17-20H,11-12H2,1-2H3/t17-,18-,19+,20+/m0/s1. The molecular formula is C20H22O4. The number of hydrogen-bond acceptors (Lipinski definition) is 4. The maximum absolute atomic E-state index is 6.13. The highest BCUT2D eigenvalue weighted by atomic mass is 16.5. The Kier molecular flexibility index (Phi) is 4.17. The van der Waals surface area contributed by atoms with Gasteiger partial charge in [0.1, 0.15) is 11.5 Å². The van der Waals surface area contributed by atoms with Crippen molar-refractivity contribution in [2.45, 2.75) is 12.2 Å². The summed E-state index contributed by atoms with van der Waals surface area (Å²) in [5.74, 6) is 2.52. The molecule has 0 saturated carbocycles. The molecular weight excluding hydrogens is 304 g/mol. The first-order valence-electron chi connectivity index (χ1n) is 8.31. The van der Waals surface area contributed by atoms with E-state index < -0.39 is 0 Å². The van der Waals surface area contributed by atoms with Crippen molar-refractivity contribution < 1.29 is 18.9 Å². The van der Waals surface area contributed by atoms with Crippen LogP contribution in [0.1, 0.15) is 23.3 Å². The minimum absolute atomic E-state index is 0.101. The Hall–Kier alpha value is -2.04. The summed E-state index contributed by atoms with van der Waals surface area (Å²) < 4.78 is 22.7. The van der Waals surface area contributed by atoms with E-state index >= 15 is 0 Å². The van der Waals surface area contributed by atoms with E-state index in [0.717, 1.165) is 24.7 Å². The SMILES string of the molecule is COc1ccc([C@H]2OC[C@H]3[C@@H]2CO[C@@H]3c2ccc(OC)cc2)cc1. The van der Waals surface area contributed by atoms with Crippen LogP contribution in [0, 0.1) is 11.8 Å². The molecule has 4 atom stereocenters. The lowest BCUT2D eigenvalue weighted by Gasteiger charge is -2.17. The van der Waals surface area contributed by atoms with E-state index in [1.54, 1.807) is 14.2 Å². The van der Waals surface area contributed by atoms with E-state index in [1.807, 2.05) is 24.3 Å². The Morgan fingerprint density at radius 2 is 1.04 bits per heavy atom. The van der Waals surface area contributed by atoms with E-state index in [4.69, 9.17) is 18.9 Å². The number of rotatable bonds is 4. The van der Waals surface area contributed by atoms with Crippen LogP contribution in [-0.2, 0) is 9.47 Å². The van der Waals surface area contributed by atoms with Crippen molar-refractivity contribution in [2.75, 3.05) is 27.4 Å². The maximum Gasteiger partial charge on any atom is 0.118 e. The van der Waals surface area contributed by atoms with Crippen molar-refractivity contribution in [3.63, 3.8) is 0 Å². The van der Waals surface area contributed by atoms with Crippen molar-refractivity contribution in [1.29, 1.82) is 0 Å². The number of hydrogen-bond donors (Lipinski definition) is 0. The molecule has 4 heteroatoms. The van der Waals surface area contributed by atoms with Crippen LogP contribution in [0.3, 0.4) is 0 Å². The van der Waals surface area contributed by atoms with Gasteiger partial charge in [-0.25, -0.2) is 0 Å². The molecule has 2 heterocycles. The Morgan fingerprint density at radius 1 is 0.667 bits per heavy atom. The smallest absolute Gasteiger partial charge is 0.118 e. The monoisotopic (exact) mass is 326 g/mol. The number of benzene rings is 2. The molecule has 126 valence electrons. The largest absolute Gasteiger partial charge is 0.497 e. The highest BCUT2D eigenvalue weighted by Gasteiger charge is 2.47. The predicted molar refractivity (Wildman–Crippen MR) is 90.4 cm³/mol. The molecule has 24 heavy (non-hydrogen) atoms. The van der Waals surface area contributed by atoms with E-state index in [0.29, 0.717) is 11.8 Å². The van der Waals surface area contributed by atoms with Crippen molar-refractivity contribution in [3.8, 4) is 11.5 Å². The summed E-state index contributed by atoms with van der Waals surface area (Å²) in [5.41, 5.74) is 2.39. The lowest BCUT2D eigenvalue weighted by molar-refractivity contribution is 0.0193. The van der Waals surface area contributed by atoms with Gasteiger partial charge in [-0.2, -0.15) is 0 Å². The summed E-state index contributed by atoms with van der Waals surface area (Å²) in [4.78, 5) is 0. The molecule has 0 N–H and O–H groups in total. The fraction of sp³-hybridized carbons (Fsp3) is 0.400. The fourth-order valence-corrected chi connectivity index (χ4v) is 3.82. The fourth-order valence-electron chi connectivity index (χ4n) is 3.82. The molecule has 0 radical (unpaired) electrons. The minimum atomic E-state index is 0.101. The predicted octanol–water partition coefficient (Wildman–Crippen LogP) is 3.78. The van der Waals surface area contributed by atoms with E-state index in [-0.39, 0.29) is 12.2 Å². The Balaban J connectivity index is 1.52. The maximum atomic E-state index is 6.13. The van der Waals surface area contributed by atoms with Gasteiger partial charge in [-0.3, -0.25) is 0 Å². The number of ether oxygens (including phenoxy) is 4. The molecule has 0 bridgehead atoms. The number of fused-ring (bicyclic) bond motifs is 1. The van der Waals surface area contributed by atoms with Crippen molar-refractivity contribution >= 4 is 0 Å². The van der Waals surface area contributed by atoms with Crippen LogP contribution in [0.15, 0.2) is 48.5 Å². The summed E-state index contributed by atoms with van der Waals surface area (Å²) in [5, 5.41) is 0. The molecule has 4 nitrogen and oxygen atoms in total. The van der Waals surface area contributed by atoms with Gasteiger partial charge in [-0.05, 0) is 35.4 Å². The van der Waals surface area contributed by atoms with Crippen LogP contribution in [-0.4, -0.2) is 27.4 Å². The second-order valence-corrected chi connectivity index (χ2v) is 6.38. The van der Waals surface area contributed by atoms with Gasteiger partial charge in [-0.1, -0.05) is 24.3 Å². The van der Waals surface area contributed by atoms with Crippen LogP contribution in [0.5, 0.6) is 11.5 Å². The quantitative estimate of drug-likeness (QED) is 0.857. The molecule has 0 amide bonds. The summed E-state index contributed by atoms with van der Waals surface area (Å²) in [6.07, 6.45) is 0.202. The molecule has 2 aromatic carbocycles. The summed E-state index contributed by atoms with van der Waals surface area (Å²) >= 11 is 0. The lowest BCUT2D eigenvalue weighted by atomic mass is 9.85. The van der Waals surface area contributed by atoms with Crippen LogP contribution >= 0.6 is 0 Å². The van der Waals surface area contributed by atoms with Crippen LogP contribution < -0.4 is 9.47 Å². The van der Waals surface area contributed by atoms with Crippen LogP contribution in [0.4, 0.5) is 0 Å². The van der Waals surface area contributed by atoms with Gasteiger partial charge in [0.25, 0.3) is 0 Å². The highest BCUT2D eigenvalue weighted by Crippen LogP contribution is 2.50. The second-order valence-electron chi connectivity index (χ2n) is 6.38. The third-order valence-corrected chi connectivity index (χ3v) is 5.15. The van der Waals surface area contributed by atoms with Crippen molar-refractivity contribution in [3.05, 3.63) is 59.7 Å². The Bertz CT molecular complexity index is 618. The molecule has 0 unspecified atom stereocenters. The first-order chi connectivity index (χ1) is 11.8. The summed E-state index contributed by atoms with van der Waals surface area (Å²) in [6.45, 7) is 1.47. The zero-order valence-corrected chi connectivity index (χ0v) is 14.0. The van der Waals surface area contributed by atoms with Crippen LogP contribution in [0.25, 0.3) is 0 Å². The Morgan fingerprint density at radius 3 is 1.38 bits per heavy atom. The molecule has 4 rings (SSSR count). The second kappa shape index (κ2) is 6.46. The molecule has 0 aliphatic carbocycles. The molecule has 2 aliphatic heterocycles. The zero-order valence-electron chi connectivity index (χ0n) is 14.0. The van der Waals surface area contributed by atoms with Gasteiger partial charge in [0, 0.05) is 11.8 Å². The topological polar surface area (TPSA) is 36.9 Å². The molecule has 0 aromatic heterocycles. The highest BCUT2D eigenvalue weighted by molar-refractivity contribution is 5.32.